The molecule has 0 atom stereocenters. The van der Waals surface area contributed by atoms with Gasteiger partial charge in [-0.05, 0) is 25.1 Å². The van der Waals surface area contributed by atoms with Crippen LogP contribution in [0.2, 0.25) is 0 Å². The molecule has 6 nitrogen and oxygen atoms in total. The number of para-hydroxylation sites is 1. The average Bonchev–Trinajstić information content (AvgIpc) is 3.00. The Bertz CT molecular complexity index is 1240. The Morgan fingerprint density at radius 2 is 2.04 bits per heavy atom. The van der Waals surface area contributed by atoms with Crippen LogP contribution in [-0.2, 0) is 22.7 Å². The Kier molecular flexibility index (Phi) is 3.32. The predicted octanol–water partition coefficient (Wildman–Crippen LogP) is 2.33. The van der Waals surface area contributed by atoms with Crippen LogP contribution in [0.4, 0.5) is 0 Å². The van der Waals surface area contributed by atoms with Crippen LogP contribution in [0.1, 0.15) is 29.2 Å². The van der Waals surface area contributed by atoms with Gasteiger partial charge >= 0.3 is 5.97 Å². The molecule has 0 saturated heterocycles. The van der Waals surface area contributed by atoms with Crippen molar-refractivity contribution >= 4 is 28.5 Å². The van der Waals surface area contributed by atoms with Crippen molar-refractivity contribution in [3.05, 3.63) is 62.9 Å². The molecule has 6 heteroatoms. The van der Waals surface area contributed by atoms with Gasteiger partial charge in [-0.15, -0.1) is 0 Å². The van der Waals surface area contributed by atoms with Crippen molar-refractivity contribution in [2.75, 3.05) is 6.61 Å². The second-order valence-corrected chi connectivity index (χ2v) is 6.65. The number of aliphatic hydroxyl groups is 1. The van der Waals surface area contributed by atoms with E-state index in [0.717, 1.165) is 39.0 Å². The van der Waals surface area contributed by atoms with Gasteiger partial charge in [0.1, 0.15) is 6.61 Å². The zero-order valence-electron chi connectivity index (χ0n) is 14.7. The van der Waals surface area contributed by atoms with Gasteiger partial charge in [0.05, 0.1) is 34.6 Å². The molecular formula is C21H16N2O4. The molecule has 0 saturated carbocycles. The topological polar surface area (TPSA) is 81.4 Å². The van der Waals surface area contributed by atoms with Gasteiger partial charge < -0.3 is 14.4 Å². The van der Waals surface area contributed by atoms with Crippen molar-refractivity contribution in [1.82, 2.24) is 9.55 Å². The lowest BCUT2D eigenvalue weighted by Gasteiger charge is -2.28. The third-order valence-electron chi connectivity index (χ3n) is 5.08. The van der Waals surface area contributed by atoms with Gasteiger partial charge in [0, 0.05) is 28.7 Å². The van der Waals surface area contributed by atoms with Crippen LogP contribution >= 0.6 is 0 Å². The van der Waals surface area contributed by atoms with Crippen molar-refractivity contribution in [2.45, 2.75) is 20.1 Å². The average molecular weight is 360 g/mol. The molecule has 0 unspecified atom stereocenters. The maximum atomic E-state index is 12.9. The minimum Gasteiger partial charge on any atom is -0.457 e. The van der Waals surface area contributed by atoms with Gasteiger partial charge in [0.25, 0.3) is 5.56 Å². The lowest BCUT2D eigenvalue weighted by Crippen LogP contribution is -2.33. The maximum absolute atomic E-state index is 12.9. The first-order valence-corrected chi connectivity index (χ1v) is 8.82. The van der Waals surface area contributed by atoms with E-state index < -0.39 is 0 Å². The number of cyclic esters (lactones) is 1. The number of carbonyl (C=O) groups is 1. The summed E-state index contributed by atoms with van der Waals surface area (Å²) in [5.41, 5.74) is 6.36. The van der Waals surface area contributed by atoms with E-state index in [9.17, 15) is 9.59 Å². The Balaban J connectivity index is 0.000000504. The standard InChI is InChI=1S/C19H10N2O3.C2H6O/c22-18-13-8-24-19(23)12-6-11(15(12)13)17-16-10(7-21(17)18)5-9-3-1-2-4-14(9)20-16;1-2-3/h1-6H,7-8H2;3H,2H2,1H3. The summed E-state index contributed by atoms with van der Waals surface area (Å²) in [4.78, 5) is 29.5. The van der Waals surface area contributed by atoms with Crippen LogP contribution in [0.3, 0.4) is 0 Å². The molecule has 1 aliphatic carbocycles. The van der Waals surface area contributed by atoms with Crippen molar-refractivity contribution in [3.8, 4) is 11.4 Å². The number of ether oxygens (including phenoxy) is 1. The molecule has 3 aromatic rings. The number of benzene rings is 1. The highest BCUT2D eigenvalue weighted by Crippen LogP contribution is 2.45. The van der Waals surface area contributed by atoms with E-state index in [4.69, 9.17) is 14.8 Å². The van der Waals surface area contributed by atoms with Crippen molar-refractivity contribution < 1.29 is 14.6 Å². The number of carbonyl (C=O) groups excluding carboxylic acids is 1. The van der Waals surface area contributed by atoms with Crippen LogP contribution in [0.5, 0.6) is 0 Å². The number of hydrogen-bond donors (Lipinski definition) is 1. The highest BCUT2D eigenvalue weighted by molar-refractivity contribution is 6.29. The van der Waals surface area contributed by atoms with Gasteiger partial charge in [0.2, 0.25) is 0 Å². The number of hydrogen-bond acceptors (Lipinski definition) is 5. The fourth-order valence-corrected chi connectivity index (χ4v) is 3.96. The summed E-state index contributed by atoms with van der Waals surface area (Å²) in [7, 11) is 0. The lowest BCUT2D eigenvalue weighted by atomic mass is 9.82. The monoisotopic (exact) mass is 360 g/mol. The Morgan fingerprint density at radius 3 is 2.85 bits per heavy atom. The van der Waals surface area contributed by atoms with E-state index in [1.165, 1.54) is 0 Å². The molecule has 0 radical (unpaired) electrons. The number of pyridine rings is 2. The summed E-state index contributed by atoms with van der Waals surface area (Å²) in [6.07, 6.45) is 1.82. The minimum atomic E-state index is -0.343. The van der Waals surface area contributed by atoms with E-state index in [1.54, 1.807) is 11.5 Å². The SMILES string of the molecule is CCO.O=C1OCc2c3c(c4n(c2=O)Cc2cc5ccccc5nc2-4)C=C13. The quantitative estimate of drug-likeness (QED) is 0.487. The van der Waals surface area contributed by atoms with Crippen molar-refractivity contribution in [1.29, 1.82) is 0 Å². The molecular weight excluding hydrogens is 344 g/mol. The summed E-state index contributed by atoms with van der Waals surface area (Å²) in [5.74, 6) is -0.343. The molecule has 2 aromatic heterocycles. The fourth-order valence-electron chi connectivity index (χ4n) is 3.96. The first-order valence-electron chi connectivity index (χ1n) is 8.82. The number of rotatable bonds is 0. The highest BCUT2D eigenvalue weighted by Gasteiger charge is 2.39. The molecule has 0 amide bonds. The summed E-state index contributed by atoms with van der Waals surface area (Å²) in [6, 6.07) is 10.0. The highest BCUT2D eigenvalue weighted by atomic mass is 16.5. The molecule has 6 rings (SSSR count). The van der Waals surface area contributed by atoms with E-state index in [-0.39, 0.29) is 24.7 Å². The summed E-state index contributed by atoms with van der Waals surface area (Å²) in [5, 5.41) is 8.63. The number of esters is 1. The summed E-state index contributed by atoms with van der Waals surface area (Å²) in [6.45, 7) is 2.50. The largest absolute Gasteiger partial charge is 0.457 e. The molecule has 3 aliphatic rings. The normalized spacial score (nSPS) is 14.9. The Hall–Kier alpha value is -3.25. The van der Waals surface area contributed by atoms with E-state index in [1.807, 2.05) is 30.3 Å². The summed E-state index contributed by atoms with van der Waals surface area (Å²) < 4.78 is 6.87. The van der Waals surface area contributed by atoms with Gasteiger partial charge in [-0.1, -0.05) is 18.2 Å². The van der Waals surface area contributed by atoms with Crippen molar-refractivity contribution in [2.24, 2.45) is 0 Å². The molecule has 27 heavy (non-hydrogen) atoms. The lowest BCUT2D eigenvalue weighted by molar-refractivity contribution is -0.138. The predicted molar refractivity (Wildman–Crippen MR) is 101 cm³/mol. The molecule has 2 aliphatic heterocycles. The number of fused-ring (bicyclic) bond motifs is 5. The van der Waals surface area contributed by atoms with E-state index in [2.05, 4.69) is 6.07 Å². The second-order valence-electron chi connectivity index (χ2n) is 6.65. The molecule has 0 bridgehead atoms. The first-order chi connectivity index (χ1) is 13.1. The minimum absolute atomic E-state index is 0.0589. The van der Waals surface area contributed by atoms with E-state index >= 15 is 0 Å². The summed E-state index contributed by atoms with van der Waals surface area (Å²) >= 11 is 0. The maximum Gasteiger partial charge on any atom is 0.339 e. The van der Waals surface area contributed by atoms with Gasteiger partial charge in [-0.25, -0.2) is 9.78 Å². The zero-order valence-corrected chi connectivity index (χ0v) is 14.7. The smallest absolute Gasteiger partial charge is 0.339 e. The van der Waals surface area contributed by atoms with Crippen molar-refractivity contribution in [3.63, 3.8) is 0 Å². The van der Waals surface area contributed by atoms with Crippen LogP contribution in [0.25, 0.3) is 33.9 Å². The molecule has 134 valence electrons. The first kappa shape index (κ1) is 16.0. The number of aliphatic hydroxyl groups excluding tert-OH is 1. The third-order valence-corrected chi connectivity index (χ3v) is 5.08. The molecule has 0 fully saturated rings. The molecule has 4 heterocycles. The van der Waals surface area contributed by atoms with E-state index in [0.29, 0.717) is 17.7 Å². The third kappa shape index (κ3) is 2.07. The van der Waals surface area contributed by atoms with Crippen LogP contribution < -0.4 is 5.56 Å². The van der Waals surface area contributed by atoms with Crippen LogP contribution in [-0.4, -0.2) is 27.2 Å². The van der Waals surface area contributed by atoms with Gasteiger partial charge in [-0.2, -0.15) is 0 Å². The zero-order chi connectivity index (χ0) is 18.7. The van der Waals surface area contributed by atoms with Crippen LogP contribution in [0.15, 0.2) is 35.1 Å². The fraction of sp³-hybridized carbons (Fsp3) is 0.190. The number of aromatic nitrogens is 2. The number of nitrogens with zero attached hydrogens (tertiary/aromatic N) is 2. The Labute approximate surface area is 154 Å². The van der Waals surface area contributed by atoms with Crippen LogP contribution in [0, 0.1) is 0 Å². The molecule has 1 aromatic carbocycles. The Morgan fingerprint density at radius 1 is 1.26 bits per heavy atom. The molecule has 1 N–H and O–H groups in total. The second kappa shape index (κ2) is 5.62. The van der Waals surface area contributed by atoms with Gasteiger partial charge in [0.15, 0.2) is 0 Å². The molecule has 0 spiro atoms. The van der Waals surface area contributed by atoms with Gasteiger partial charge in [-0.3, -0.25) is 4.79 Å².